The molecule has 3 aromatic rings. The number of phosphoric ester groups is 1. The number of carbonyl (C=O) groups is 1. The number of carbonyl (C=O) groups excluding carboxylic acids is 1. The second kappa shape index (κ2) is 12.8. The molecule has 0 aliphatic rings. The molecule has 9 heteroatoms. The van der Waals surface area contributed by atoms with Crippen molar-refractivity contribution < 1.29 is 28.0 Å². The Bertz CT molecular complexity index is 1170. The van der Waals surface area contributed by atoms with Crippen LogP contribution in [0.15, 0.2) is 54.7 Å². The number of benzene rings is 2. The maximum Gasteiger partial charge on any atom is 0.472 e. The zero-order chi connectivity index (χ0) is 25.3. The van der Waals surface area contributed by atoms with Crippen LogP contribution in [0, 0.1) is 0 Å². The molecule has 0 fully saturated rings. The van der Waals surface area contributed by atoms with Crippen LogP contribution in [-0.2, 0) is 24.8 Å². The van der Waals surface area contributed by atoms with Crippen molar-refractivity contribution >= 4 is 24.6 Å². The Labute approximate surface area is 206 Å². The fraction of sp³-hybridized carbons (Fsp3) is 0.385. The zero-order valence-corrected chi connectivity index (χ0v) is 21.3. The minimum absolute atomic E-state index is 0.0901. The van der Waals surface area contributed by atoms with Gasteiger partial charge in [-0.15, -0.1) is 0 Å². The van der Waals surface area contributed by atoms with Gasteiger partial charge in [-0.1, -0.05) is 30.3 Å². The van der Waals surface area contributed by atoms with Crippen LogP contribution in [0.5, 0.6) is 5.75 Å². The average Bonchev–Trinajstić information content (AvgIpc) is 2.82. The van der Waals surface area contributed by atoms with Gasteiger partial charge in [-0.05, 0) is 68.0 Å². The summed E-state index contributed by atoms with van der Waals surface area (Å²) in [5.41, 5.74) is 3.66. The number of rotatable bonds is 13. The molecule has 35 heavy (non-hydrogen) atoms. The Kier molecular flexibility index (Phi) is 9.81. The largest absolute Gasteiger partial charge is 0.497 e. The molecule has 188 valence electrons. The lowest BCUT2D eigenvalue weighted by Gasteiger charge is -2.14. The molecule has 3 rings (SSSR count). The molecule has 0 saturated heterocycles. The number of hydrogen-bond donors (Lipinski definition) is 2. The van der Waals surface area contributed by atoms with Gasteiger partial charge in [0.1, 0.15) is 5.75 Å². The van der Waals surface area contributed by atoms with Gasteiger partial charge < -0.3 is 14.9 Å². The van der Waals surface area contributed by atoms with E-state index in [-0.39, 0.29) is 25.0 Å². The number of fused-ring (bicyclic) bond motifs is 1. The Balaban J connectivity index is 1.57. The molecule has 1 amide bonds. The maximum absolute atomic E-state index is 12.7. The van der Waals surface area contributed by atoms with Crippen molar-refractivity contribution in [2.45, 2.75) is 45.6 Å². The zero-order valence-electron chi connectivity index (χ0n) is 20.4. The maximum atomic E-state index is 12.7. The number of hydrogen-bond acceptors (Lipinski definition) is 6. The minimum Gasteiger partial charge on any atom is -0.497 e. The molecule has 0 saturated carbocycles. The highest BCUT2D eigenvalue weighted by atomic mass is 31.2. The summed E-state index contributed by atoms with van der Waals surface area (Å²) in [4.78, 5) is 26.8. The van der Waals surface area contributed by atoms with Crippen LogP contribution in [0.1, 0.15) is 38.7 Å². The van der Waals surface area contributed by atoms with E-state index in [1.165, 1.54) is 0 Å². The third kappa shape index (κ3) is 8.15. The van der Waals surface area contributed by atoms with Crippen molar-refractivity contribution in [3.8, 4) is 16.9 Å². The quantitative estimate of drug-likeness (QED) is 0.243. The number of phosphoric acid groups is 1. The average molecular weight is 501 g/mol. The fourth-order valence-corrected chi connectivity index (χ4v) is 4.72. The highest BCUT2D eigenvalue weighted by Crippen LogP contribution is 2.44. The molecular formula is C26H33N2O6P. The van der Waals surface area contributed by atoms with Gasteiger partial charge in [-0.25, -0.2) is 4.57 Å². The van der Waals surface area contributed by atoms with E-state index in [2.05, 4.69) is 10.3 Å². The summed E-state index contributed by atoms with van der Waals surface area (Å²) >= 11 is 0. The van der Waals surface area contributed by atoms with Crippen molar-refractivity contribution in [1.29, 1.82) is 0 Å². The van der Waals surface area contributed by atoms with Crippen molar-refractivity contribution in [2.24, 2.45) is 0 Å². The van der Waals surface area contributed by atoms with E-state index in [9.17, 15) is 14.3 Å². The Hall–Kier alpha value is -2.77. The van der Waals surface area contributed by atoms with E-state index in [1.807, 2.05) is 48.5 Å². The summed E-state index contributed by atoms with van der Waals surface area (Å²) in [7, 11) is -2.37. The molecular weight excluding hydrogens is 467 g/mol. The van der Waals surface area contributed by atoms with Crippen LogP contribution < -0.4 is 10.1 Å². The summed E-state index contributed by atoms with van der Waals surface area (Å²) < 4.78 is 26.9. The van der Waals surface area contributed by atoms with Crippen LogP contribution >= 0.6 is 7.82 Å². The van der Waals surface area contributed by atoms with Crippen LogP contribution in [0.4, 0.5) is 0 Å². The first-order valence-corrected chi connectivity index (χ1v) is 13.2. The smallest absolute Gasteiger partial charge is 0.472 e. The first-order chi connectivity index (χ1) is 16.8. The number of nitrogens with one attached hydrogen (secondary N) is 1. The molecule has 0 aliphatic heterocycles. The molecule has 1 heterocycles. The van der Waals surface area contributed by atoms with Crippen LogP contribution in [-0.4, -0.2) is 42.1 Å². The van der Waals surface area contributed by atoms with Crippen LogP contribution in [0.2, 0.25) is 0 Å². The van der Waals surface area contributed by atoms with E-state index >= 15 is 0 Å². The van der Waals surface area contributed by atoms with Crippen molar-refractivity contribution in [2.75, 3.05) is 20.3 Å². The molecule has 2 N–H and O–H groups in total. The van der Waals surface area contributed by atoms with Gasteiger partial charge in [0.2, 0.25) is 5.91 Å². The Morgan fingerprint density at radius 1 is 1.11 bits per heavy atom. The SMILES string of the molecule is COc1ccc2ncc(CC(=O)NCCCCCOP(=O)(O)OC(C)C)c(-c3ccccc3)c2c1. The van der Waals surface area contributed by atoms with Gasteiger partial charge in [0.05, 0.1) is 31.8 Å². The van der Waals surface area contributed by atoms with E-state index in [0.717, 1.165) is 46.2 Å². The molecule has 0 radical (unpaired) electrons. The second-order valence-electron chi connectivity index (χ2n) is 8.45. The third-order valence-corrected chi connectivity index (χ3v) is 6.51. The van der Waals surface area contributed by atoms with E-state index in [4.69, 9.17) is 13.8 Å². The standard InChI is InChI=1S/C26H33N2O6P/c1-19(2)34-35(30,31)33-15-9-5-8-14-27-25(29)16-21-18-28-24-13-12-22(32-3)17-23(24)26(21)20-10-6-4-7-11-20/h4,6-7,10-13,17-19H,5,8-9,14-16H2,1-3H3,(H,27,29)(H,30,31). The highest BCUT2D eigenvalue weighted by molar-refractivity contribution is 7.47. The Morgan fingerprint density at radius 3 is 2.60 bits per heavy atom. The van der Waals surface area contributed by atoms with E-state index in [0.29, 0.717) is 13.0 Å². The van der Waals surface area contributed by atoms with E-state index in [1.54, 1.807) is 27.2 Å². The lowest BCUT2D eigenvalue weighted by Crippen LogP contribution is -2.26. The highest BCUT2D eigenvalue weighted by Gasteiger charge is 2.22. The number of methoxy groups -OCH3 is 1. The number of nitrogens with zero attached hydrogens (tertiary/aromatic N) is 1. The second-order valence-corrected chi connectivity index (χ2v) is 9.86. The van der Waals surface area contributed by atoms with Crippen molar-refractivity contribution in [3.05, 3.63) is 60.3 Å². The predicted octanol–water partition coefficient (Wildman–Crippen LogP) is 5.28. The van der Waals surface area contributed by atoms with Gasteiger partial charge in [0.25, 0.3) is 0 Å². The topological polar surface area (TPSA) is 107 Å². The van der Waals surface area contributed by atoms with Gasteiger partial charge in [-0.2, -0.15) is 0 Å². The lowest BCUT2D eigenvalue weighted by molar-refractivity contribution is -0.120. The number of ether oxygens (including phenoxy) is 1. The monoisotopic (exact) mass is 500 g/mol. The van der Waals surface area contributed by atoms with Gasteiger partial charge >= 0.3 is 7.82 Å². The Morgan fingerprint density at radius 2 is 1.89 bits per heavy atom. The molecule has 8 nitrogen and oxygen atoms in total. The summed E-state index contributed by atoms with van der Waals surface area (Å²) in [5, 5.41) is 3.89. The molecule has 1 unspecified atom stereocenters. The number of amides is 1. The molecule has 1 atom stereocenters. The lowest BCUT2D eigenvalue weighted by atomic mass is 9.94. The summed E-state index contributed by atoms with van der Waals surface area (Å²) in [5.74, 6) is 0.642. The van der Waals surface area contributed by atoms with Gasteiger partial charge in [-0.3, -0.25) is 18.8 Å². The summed E-state index contributed by atoms with van der Waals surface area (Å²) in [6.45, 7) is 3.97. The van der Waals surface area contributed by atoms with Crippen molar-refractivity contribution in [3.63, 3.8) is 0 Å². The number of aromatic nitrogens is 1. The van der Waals surface area contributed by atoms with Crippen molar-refractivity contribution in [1.82, 2.24) is 10.3 Å². The molecule has 0 aliphatic carbocycles. The third-order valence-electron chi connectivity index (χ3n) is 5.31. The summed E-state index contributed by atoms with van der Waals surface area (Å²) in [6, 6.07) is 15.7. The molecule has 0 spiro atoms. The van der Waals surface area contributed by atoms with Gasteiger partial charge in [0, 0.05) is 18.1 Å². The normalized spacial score (nSPS) is 13.1. The molecule has 2 aromatic carbocycles. The fourth-order valence-electron chi connectivity index (χ4n) is 3.76. The predicted molar refractivity (Wildman–Crippen MR) is 136 cm³/mol. The van der Waals surface area contributed by atoms with Crippen LogP contribution in [0.3, 0.4) is 0 Å². The van der Waals surface area contributed by atoms with Gasteiger partial charge in [0.15, 0.2) is 0 Å². The molecule has 1 aromatic heterocycles. The molecule has 0 bridgehead atoms. The van der Waals surface area contributed by atoms with E-state index < -0.39 is 7.82 Å². The summed E-state index contributed by atoms with van der Waals surface area (Å²) in [6.07, 6.45) is 3.65. The first kappa shape index (κ1) is 26.8. The first-order valence-electron chi connectivity index (χ1n) is 11.7. The minimum atomic E-state index is -4.00. The number of pyridine rings is 1. The van der Waals surface area contributed by atoms with Crippen LogP contribution in [0.25, 0.3) is 22.0 Å². The number of unbranched alkanes of at least 4 members (excludes halogenated alkanes) is 2.